The van der Waals surface area contributed by atoms with Crippen LogP contribution in [0, 0.1) is 0 Å². The maximum atomic E-state index is 10.7. The maximum absolute atomic E-state index is 10.7. The van der Waals surface area contributed by atoms with Gasteiger partial charge in [0, 0.05) is 23.5 Å². The first-order valence-corrected chi connectivity index (χ1v) is 6.70. The predicted octanol–water partition coefficient (Wildman–Crippen LogP) is 1.71. The molecule has 2 atom stereocenters. The molecule has 0 aliphatic rings. The summed E-state index contributed by atoms with van der Waals surface area (Å²) < 4.78 is 0. The number of nitrogens with two attached hydrogens (primary N) is 1. The lowest BCUT2D eigenvalue weighted by Crippen LogP contribution is -2.34. The minimum Gasteiger partial charge on any atom is -0.370 e. The number of carbonyl (C=O) groups is 1. The first-order valence-electron chi connectivity index (χ1n) is 5.65. The summed E-state index contributed by atoms with van der Waals surface area (Å²) in [4.78, 5) is 13.1. The van der Waals surface area contributed by atoms with E-state index in [1.165, 1.54) is 0 Å². The van der Waals surface area contributed by atoms with E-state index in [1.807, 2.05) is 11.8 Å². The Hall–Kier alpha value is -0.220. The number of hydrogen-bond acceptors (Lipinski definition) is 3. The molecule has 2 N–H and O–H groups in total. The van der Waals surface area contributed by atoms with E-state index in [1.54, 1.807) is 0 Å². The van der Waals surface area contributed by atoms with E-state index in [9.17, 15) is 4.79 Å². The Labute approximate surface area is 97.8 Å². The molecule has 0 aromatic heterocycles. The molecule has 2 unspecified atom stereocenters. The van der Waals surface area contributed by atoms with E-state index in [4.69, 9.17) is 5.73 Å². The van der Waals surface area contributed by atoms with Crippen molar-refractivity contribution in [2.75, 3.05) is 18.8 Å². The maximum Gasteiger partial charge on any atom is 0.218 e. The fourth-order valence-corrected chi connectivity index (χ4v) is 2.70. The molecule has 0 saturated heterocycles. The lowest BCUT2D eigenvalue weighted by molar-refractivity contribution is -0.117. The second-order valence-corrected chi connectivity index (χ2v) is 5.36. The molecule has 0 aromatic carbocycles. The number of nitrogens with zero attached hydrogens (tertiary/aromatic N) is 1. The van der Waals surface area contributed by atoms with Crippen LogP contribution in [-0.4, -0.2) is 40.9 Å². The average molecular weight is 232 g/mol. The highest BCUT2D eigenvalue weighted by Gasteiger charge is 2.13. The quantitative estimate of drug-likeness (QED) is 0.693. The van der Waals surface area contributed by atoms with Crippen molar-refractivity contribution in [3.63, 3.8) is 0 Å². The highest BCUT2D eigenvalue weighted by molar-refractivity contribution is 7.99. The van der Waals surface area contributed by atoms with Crippen molar-refractivity contribution >= 4 is 17.7 Å². The van der Waals surface area contributed by atoms with Gasteiger partial charge in [-0.3, -0.25) is 4.79 Å². The summed E-state index contributed by atoms with van der Waals surface area (Å²) in [5.74, 6) is 0.862. The van der Waals surface area contributed by atoms with Crippen LogP contribution < -0.4 is 5.73 Å². The SMILES string of the molecule is CCN(CC)C(C)CSC(C)CC(N)=O. The smallest absolute Gasteiger partial charge is 0.218 e. The summed E-state index contributed by atoms with van der Waals surface area (Å²) >= 11 is 1.83. The number of thioether (sulfide) groups is 1. The van der Waals surface area contributed by atoms with Crippen LogP contribution in [-0.2, 0) is 4.79 Å². The van der Waals surface area contributed by atoms with Gasteiger partial charge in [0.25, 0.3) is 0 Å². The molecule has 0 radical (unpaired) electrons. The minimum absolute atomic E-state index is 0.203. The zero-order valence-corrected chi connectivity index (χ0v) is 11.1. The first kappa shape index (κ1) is 14.8. The summed E-state index contributed by atoms with van der Waals surface area (Å²) in [5, 5.41) is 0.334. The zero-order chi connectivity index (χ0) is 11.8. The van der Waals surface area contributed by atoms with Gasteiger partial charge in [0.1, 0.15) is 0 Å². The molecule has 0 fully saturated rings. The van der Waals surface area contributed by atoms with Gasteiger partial charge in [0.15, 0.2) is 0 Å². The number of amides is 1. The molecule has 4 heteroatoms. The highest BCUT2D eigenvalue weighted by atomic mass is 32.2. The van der Waals surface area contributed by atoms with Gasteiger partial charge >= 0.3 is 0 Å². The Bertz CT molecular complexity index is 183. The summed E-state index contributed by atoms with van der Waals surface area (Å²) in [6, 6.07) is 0.570. The standard InChI is InChI=1S/C11H24N2OS/c1-5-13(6-2)9(3)8-15-10(4)7-11(12)14/h9-10H,5-8H2,1-4H3,(H2,12,14). The third-order valence-corrected chi connectivity index (χ3v) is 3.96. The normalized spacial score (nSPS) is 15.3. The highest BCUT2D eigenvalue weighted by Crippen LogP contribution is 2.16. The minimum atomic E-state index is -0.203. The molecule has 0 heterocycles. The Balaban J connectivity index is 3.78. The van der Waals surface area contributed by atoms with Gasteiger partial charge in [0.05, 0.1) is 0 Å². The van der Waals surface area contributed by atoms with Crippen LogP contribution in [0.5, 0.6) is 0 Å². The predicted molar refractivity (Wildman–Crippen MR) is 68.1 cm³/mol. The van der Waals surface area contributed by atoms with Gasteiger partial charge in [0.2, 0.25) is 5.91 Å². The van der Waals surface area contributed by atoms with Crippen molar-refractivity contribution in [3.8, 4) is 0 Å². The van der Waals surface area contributed by atoms with Crippen molar-refractivity contribution in [1.29, 1.82) is 0 Å². The molecule has 3 nitrogen and oxygen atoms in total. The van der Waals surface area contributed by atoms with Crippen molar-refractivity contribution in [2.45, 2.75) is 45.4 Å². The molecule has 0 bridgehead atoms. The van der Waals surface area contributed by atoms with Gasteiger partial charge in [-0.15, -0.1) is 0 Å². The van der Waals surface area contributed by atoms with E-state index in [2.05, 4.69) is 32.6 Å². The molecule has 0 aliphatic carbocycles. The summed E-state index contributed by atoms with van der Waals surface area (Å²) in [6.45, 7) is 10.8. The number of primary amides is 1. The van der Waals surface area contributed by atoms with E-state index in [-0.39, 0.29) is 5.91 Å². The lowest BCUT2D eigenvalue weighted by atomic mass is 10.3. The topological polar surface area (TPSA) is 46.3 Å². The van der Waals surface area contributed by atoms with Gasteiger partial charge in [-0.2, -0.15) is 11.8 Å². The largest absolute Gasteiger partial charge is 0.370 e. The molecule has 0 spiro atoms. The Kier molecular flexibility index (Phi) is 7.88. The monoisotopic (exact) mass is 232 g/mol. The third-order valence-electron chi connectivity index (χ3n) is 2.55. The molecule has 1 amide bonds. The first-order chi connectivity index (χ1) is 7.01. The van der Waals surface area contributed by atoms with E-state index in [0.717, 1.165) is 18.8 Å². The van der Waals surface area contributed by atoms with Gasteiger partial charge in [-0.25, -0.2) is 0 Å². The van der Waals surface area contributed by atoms with E-state index in [0.29, 0.717) is 17.7 Å². The number of carbonyl (C=O) groups excluding carboxylic acids is 1. The van der Waals surface area contributed by atoms with Crippen LogP contribution in [0.4, 0.5) is 0 Å². The van der Waals surface area contributed by atoms with Crippen LogP contribution in [0.3, 0.4) is 0 Å². The Morgan fingerprint density at radius 2 is 1.87 bits per heavy atom. The van der Waals surface area contributed by atoms with Crippen LogP contribution in [0.25, 0.3) is 0 Å². The average Bonchev–Trinajstić information content (AvgIpc) is 2.15. The molecule has 0 saturated carbocycles. The number of hydrogen-bond donors (Lipinski definition) is 1. The van der Waals surface area contributed by atoms with Gasteiger partial charge < -0.3 is 10.6 Å². The van der Waals surface area contributed by atoms with E-state index < -0.39 is 0 Å². The Morgan fingerprint density at radius 1 is 1.33 bits per heavy atom. The lowest BCUT2D eigenvalue weighted by Gasteiger charge is -2.26. The van der Waals surface area contributed by atoms with E-state index >= 15 is 0 Å². The van der Waals surface area contributed by atoms with Gasteiger partial charge in [-0.1, -0.05) is 20.8 Å². The van der Waals surface area contributed by atoms with Crippen LogP contribution in [0.1, 0.15) is 34.1 Å². The van der Waals surface area contributed by atoms with Crippen molar-refractivity contribution in [3.05, 3.63) is 0 Å². The van der Waals surface area contributed by atoms with Crippen LogP contribution in [0.15, 0.2) is 0 Å². The third kappa shape index (κ3) is 6.79. The van der Waals surface area contributed by atoms with Gasteiger partial charge in [-0.05, 0) is 20.0 Å². The van der Waals surface area contributed by atoms with Crippen molar-refractivity contribution in [1.82, 2.24) is 4.90 Å². The van der Waals surface area contributed by atoms with Crippen LogP contribution >= 0.6 is 11.8 Å². The summed E-state index contributed by atoms with van der Waals surface area (Å²) in [6.07, 6.45) is 0.482. The molecule has 0 aliphatic heterocycles. The molecule has 0 aromatic rings. The number of rotatable bonds is 8. The summed E-state index contributed by atoms with van der Waals surface area (Å²) in [5.41, 5.74) is 5.15. The second-order valence-electron chi connectivity index (χ2n) is 3.88. The second kappa shape index (κ2) is 7.99. The molecule has 15 heavy (non-hydrogen) atoms. The molecular formula is C11H24N2OS. The molecular weight excluding hydrogens is 208 g/mol. The molecule has 0 rings (SSSR count). The fraction of sp³-hybridized carbons (Fsp3) is 0.909. The fourth-order valence-electron chi connectivity index (χ4n) is 1.60. The van der Waals surface area contributed by atoms with Crippen molar-refractivity contribution in [2.24, 2.45) is 5.73 Å². The Morgan fingerprint density at radius 3 is 2.27 bits per heavy atom. The van der Waals surface area contributed by atoms with Crippen molar-refractivity contribution < 1.29 is 4.79 Å². The zero-order valence-electron chi connectivity index (χ0n) is 10.3. The van der Waals surface area contributed by atoms with Crippen LogP contribution in [0.2, 0.25) is 0 Å². The molecule has 90 valence electrons. The summed E-state index contributed by atoms with van der Waals surface area (Å²) in [7, 11) is 0.